The Bertz CT molecular complexity index is 1830. The number of methoxy groups -OCH3 is 1. The van der Waals surface area contributed by atoms with Crippen LogP contribution in [0.5, 0.6) is 11.5 Å². The number of allylic oxidation sites excluding steroid dienone is 1. The molecule has 1 atom stereocenters. The van der Waals surface area contributed by atoms with Gasteiger partial charge in [-0.1, -0.05) is 65.4 Å². The molecule has 4 aromatic rings. The van der Waals surface area contributed by atoms with Crippen LogP contribution in [-0.4, -0.2) is 24.3 Å². The molecule has 210 valence electrons. The highest BCUT2D eigenvalue weighted by Gasteiger charge is 2.33. The molecule has 0 radical (unpaired) electrons. The first-order chi connectivity index (χ1) is 19.8. The van der Waals surface area contributed by atoms with Crippen LogP contribution in [0.3, 0.4) is 0 Å². The molecule has 1 aromatic heterocycles. The van der Waals surface area contributed by atoms with Crippen molar-refractivity contribution < 1.29 is 23.4 Å². The van der Waals surface area contributed by atoms with E-state index in [1.807, 2.05) is 24.3 Å². The molecule has 7 nitrogen and oxygen atoms in total. The summed E-state index contributed by atoms with van der Waals surface area (Å²) in [5.74, 6) is -0.0789. The number of fused-ring (bicyclic) bond motifs is 1. The lowest BCUT2D eigenvalue weighted by molar-refractivity contribution is -0.139. The molecule has 5 rings (SSSR count). The van der Waals surface area contributed by atoms with Gasteiger partial charge in [0.15, 0.2) is 16.3 Å². The second-order valence-corrected chi connectivity index (χ2v) is 10.5. The van der Waals surface area contributed by atoms with Crippen molar-refractivity contribution in [3.05, 3.63) is 125 Å². The van der Waals surface area contributed by atoms with Gasteiger partial charge < -0.3 is 14.2 Å². The lowest BCUT2D eigenvalue weighted by atomic mass is 9.96. The van der Waals surface area contributed by atoms with Crippen LogP contribution in [0.1, 0.15) is 36.6 Å². The summed E-state index contributed by atoms with van der Waals surface area (Å²) in [6.07, 6.45) is 1.71. The molecule has 0 saturated carbocycles. The molecule has 0 aliphatic carbocycles. The van der Waals surface area contributed by atoms with Crippen molar-refractivity contribution in [2.45, 2.75) is 26.5 Å². The molecule has 0 N–H and O–H groups in total. The smallest absolute Gasteiger partial charge is 0.338 e. The molecule has 0 fully saturated rings. The first-order valence-electron chi connectivity index (χ1n) is 12.8. The van der Waals surface area contributed by atoms with Gasteiger partial charge in [-0.15, -0.1) is 0 Å². The van der Waals surface area contributed by atoms with Gasteiger partial charge >= 0.3 is 5.97 Å². The van der Waals surface area contributed by atoms with Gasteiger partial charge in [-0.25, -0.2) is 14.2 Å². The zero-order valence-electron chi connectivity index (χ0n) is 22.5. The minimum absolute atomic E-state index is 0.156. The van der Waals surface area contributed by atoms with Gasteiger partial charge in [0.25, 0.3) is 5.56 Å². The monoisotopic (exact) mass is 592 g/mol. The van der Waals surface area contributed by atoms with E-state index in [9.17, 15) is 14.0 Å². The molecule has 3 aromatic carbocycles. The van der Waals surface area contributed by atoms with Crippen molar-refractivity contribution in [1.82, 2.24) is 4.57 Å². The molecule has 0 bridgehead atoms. The molecular weight excluding hydrogens is 567 g/mol. The average Bonchev–Trinajstić information content (AvgIpc) is 3.26. The second-order valence-electron chi connectivity index (χ2n) is 9.11. The fourth-order valence-corrected chi connectivity index (χ4v) is 5.85. The third kappa shape index (κ3) is 5.68. The Morgan fingerprint density at radius 2 is 1.88 bits per heavy atom. The van der Waals surface area contributed by atoms with Crippen molar-refractivity contribution in [2.24, 2.45) is 4.99 Å². The summed E-state index contributed by atoms with van der Waals surface area (Å²) in [5, 5.41) is 0.575. The third-order valence-corrected chi connectivity index (χ3v) is 7.90. The zero-order chi connectivity index (χ0) is 29.1. The zero-order valence-corrected chi connectivity index (χ0v) is 24.1. The van der Waals surface area contributed by atoms with Crippen molar-refractivity contribution >= 4 is 35.0 Å². The predicted octanol–water partition coefficient (Wildman–Crippen LogP) is 5.18. The number of nitrogens with zero attached hydrogens (tertiary/aromatic N) is 2. The Morgan fingerprint density at radius 3 is 2.59 bits per heavy atom. The number of esters is 1. The molecular formula is C31H26ClFN2O5S. The van der Waals surface area contributed by atoms with E-state index in [4.69, 9.17) is 25.8 Å². The highest BCUT2D eigenvalue weighted by Crippen LogP contribution is 2.34. The van der Waals surface area contributed by atoms with E-state index in [0.717, 1.165) is 5.56 Å². The molecule has 0 amide bonds. The van der Waals surface area contributed by atoms with Crippen LogP contribution >= 0.6 is 22.9 Å². The lowest BCUT2D eigenvalue weighted by Gasteiger charge is -2.24. The maximum atomic E-state index is 13.9. The Kier molecular flexibility index (Phi) is 8.37. The number of carbonyl (C=O) groups excluding carboxylic acids is 1. The van der Waals surface area contributed by atoms with Gasteiger partial charge in [-0.2, -0.15) is 0 Å². The molecule has 41 heavy (non-hydrogen) atoms. The third-order valence-electron chi connectivity index (χ3n) is 6.55. The van der Waals surface area contributed by atoms with Crippen LogP contribution in [0.4, 0.5) is 4.39 Å². The number of carbonyl (C=O) groups is 1. The fraction of sp³-hybridized carbons (Fsp3) is 0.194. The number of aromatic nitrogens is 1. The summed E-state index contributed by atoms with van der Waals surface area (Å²) in [6.45, 7) is 3.75. The van der Waals surface area contributed by atoms with Gasteiger partial charge in [-0.05, 0) is 49.8 Å². The molecule has 1 aliphatic heterocycles. The van der Waals surface area contributed by atoms with Crippen LogP contribution < -0.4 is 24.4 Å². The molecule has 0 saturated heterocycles. The number of halogens is 2. The van der Waals surface area contributed by atoms with Gasteiger partial charge in [-0.3, -0.25) is 9.36 Å². The van der Waals surface area contributed by atoms with E-state index in [2.05, 4.69) is 4.99 Å². The van der Waals surface area contributed by atoms with Crippen LogP contribution in [-0.2, 0) is 16.1 Å². The maximum Gasteiger partial charge on any atom is 0.338 e. The van der Waals surface area contributed by atoms with Crippen molar-refractivity contribution in [3.63, 3.8) is 0 Å². The summed E-state index contributed by atoms with van der Waals surface area (Å²) in [6, 6.07) is 17.6. The van der Waals surface area contributed by atoms with Crippen LogP contribution in [0.25, 0.3) is 6.08 Å². The second kappa shape index (κ2) is 12.1. The van der Waals surface area contributed by atoms with E-state index in [1.165, 1.54) is 35.1 Å². The Balaban J connectivity index is 1.64. The van der Waals surface area contributed by atoms with E-state index >= 15 is 0 Å². The summed E-state index contributed by atoms with van der Waals surface area (Å²) >= 11 is 7.50. The molecule has 1 aliphatic rings. The summed E-state index contributed by atoms with van der Waals surface area (Å²) in [5.41, 5.74) is 2.25. The molecule has 0 unspecified atom stereocenters. The van der Waals surface area contributed by atoms with Crippen LogP contribution in [0.15, 0.2) is 87.8 Å². The number of hydrogen-bond donors (Lipinski definition) is 0. The normalized spacial score (nSPS) is 14.9. The van der Waals surface area contributed by atoms with Gasteiger partial charge in [0, 0.05) is 16.1 Å². The highest BCUT2D eigenvalue weighted by molar-refractivity contribution is 7.07. The standard InChI is InChI=1S/C31H26ClFN2O5S/c1-4-39-30(37)26-18(2)34-31-35(27(26)19-12-14-22(33)15-13-19)29(36)25(41-31)16-20-9-7-11-24(38-3)28(20)40-17-21-8-5-6-10-23(21)32/h5-16,27H,4,17H2,1-3H3/b25-16-/t27-/m0/s1. The Labute approximate surface area is 244 Å². The fourth-order valence-electron chi connectivity index (χ4n) is 4.62. The number of benzene rings is 3. The first-order valence-corrected chi connectivity index (χ1v) is 14.0. The quantitative estimate of drug-likeness (QED) is 0.264. The van der Waals surface area contributed by atoms with Gasteiger partial charge in [0.1, 0.15) is 12.4 Å². The number of thiazole rings is 1. The van der Waals surface area contributed by atoms with Gasteiger partial charge in [0.2, 0.25) is 0 Å². The minimum atomic E-state index is -0.839. The lowest BCUT2D eigenvalue weighted by Crippen LogP contribution is -2.39. The van der Waals surface area contributed by atoms with E-state index in [1.54, 1.807) is 50.3 Å². The summed E-state index contributed by atoms with van der Waals surface area (Å²) in [7, 11) is 1.54. The van der Waals surface area contributed by atoms with E-state index in [-0.39, 0.29) is 24.3 Å². The van der Waals surface area contributed by atoms with Crippen molar-refractivity contribution in [2.75, 3.05) is 13.7 Å². The van der Waals surface area contributed by atoms with E-state index < -0.39 is 17.8 Å². The predicted molar refractivity (Wildman–Crippen MR) is 156 cm³/mol. The van der Waals surface area contributed by atoms with Crippen molar-refractivity contribution in [3.8, 4) is 11.5 Å². The number of rotatable bonds is 8. The van der Waals surface area contributed by atoms with Gasteiger partial charge in [0.05, 0.1) is 35.6 Å². The molecule has 10 heteroatoms. The number of para-hydroxylation sites is 1. The van der Waals surface area contributed by atoms with Crippen molar-refractivity contribution in [1.29, 1.82) is 0 Å². The number of ether oxygens (including phenoxy) is 3. The topological polar surface area (TPSA) is 79.1 Å². The number of hydrogen-bond acceptors (Lipinski definition) is 7. The first kappa shape index (κ1) is 28.3. The maximum absolute atomic E-state index is 13.9. The van der Waals surface area contributed by atoms with E-state index in [0.29, 0.717) is 42.7 Å². The molecule has 2 heterocycles. The highest BCUT2D eigenvalue weighted by atomic mass is 35.5. The average molecular weight is 593 g/mol. The largest absolute Gasteiger partial charge is 0.493 e. The van der Waals surface area contributed by atoms with Crippen LogP contribution in [0.2, 0.25) is 5.02 Å². The molecule has 0 spiro atoms. The Morgan fingerprint density at radius 1 is 1.12 bits per heavy atom. The van der Waals surface area contributed by atoms with Crippen LogP contribution in [0, 0.1) is 5.82 Å². The SMILES string of the molecule is CCOC(=O)C1=C(C)N=c2s/c(=C\c3cccc(OC)c3OCc3ccccc3Cl)c(=O)n2[C@H]1c1ccc(F)cc1. The minimum Gasteiger partial charge on any atom is -0.493 e. The Hall–Kier alpha value is -4.21. The summed E-state index contributed by atoms with van der Waals surface area (Å²) < 4.78 is 32.6. The summed E-state index contributed by atoms with van der Waals surface area (Å²) in [4.78, 5) is 32.0.